The van der Waals surface area contributed by atoms with Crippen LogP contribution in [0, 0.1) is 0 Å². The summed E-state index contributed by atoms with van der Waals surface area (Å²) >= 11 is 6.11. The number of pyridine rings is 1. The molecule has 0 aliphatic carbocycles. The zero-order valence-corrected chi connectivity index (χ0v) is 14.4. The maximum absolute atomic E-state index is 11.6. The van der Waals surface area contributed by atoms with E-state index in [9.17, 15) is 4.79 Å². The van der Waals surface area contributed by atoms with E-state index in [-0.39, 0.29) is 10.6 Å². The molecule has 1 aliphatic rings. The molecule has 6 nitrogen and oxygen atoms in total. The fourth-order valence-corrected chi connectivity index (χ4v) is 3.50. The standard InChI is InChI=1S/C18H18ClN5O/c19-17-16(11-21-22-18(17)25)24-7-5-23(6-8-24)12-14-10-20-9-13-3-1-2-4-15(13)14/h1-4,9-11H,5-8,12H2,(H,22,25). The summed E-state index contributed by atoms with van der Waals surface area (Å²) < 4.78 is 0. The molecule has 1 saturated heterocycles. The first-order valence-electron chi connectivity index (χ1n) is 8.24. The quantitative estimate of drug-likeness (QED) is 0.781. The van der Waals surface area contributed by atoms with Gasteiger partial charge in [0, 0.05) is 50.5 Å². The van der Waals surface area contributed by atoms with Crippen LogP contribution in [-0.4, -0.2) is 46.3 Å². The van der Waals surface area contributed by atoms with Crippen molar-refractivity contribution in [1.82, 2.24) is 20.1 Å². The van der Waals surface area contributed by atoms with E-state index in [4.69, 9.17) is 11.6 Å². The van der Waals surface area contributed by atoms with E-state index in [0.29, 0.717) is 5.69 Å². The number of aromatic nitrogens is 3. The van der Waals surface area contributed by atoms with E-state index < -0.39 is 0 Å². The van der Waals surface area contributed by atoms with Gasteiger partial charge in [-0.15, -0.1) is 0 Å². The van der Waals surface area contributed by atoms with Crippen LogP contribution in [0.1, 0.15) is 5.56 Å². The summed E-state index contributed by atoms with van der Waals surface area (Å²) in [4.78, 5) is 20.5. The van der Waals surface area contributed by atoms with E-state index in [1.165, 1.54) is 16.3 Å². The molecular weight excluding hydrogens is 338 g/mol. The largest absolute Gasteiger partial charge is 0.366 e. The fraction of sp³-hybridized carbons (Fsp3) is 0.278. The van der Waals surface area contributed by atoms with Gasteiger partial charge in [0.2, 0.25) is 0 Å². The highest BCUT2D eigenvalue weighted by Crippen LogP contribution is 2.23. The number of hydrogen-bond acceptors (Lipinski definition) is 5. The summed E-state index contributed by atoms with van der Waals surface area (Å²) in [7, 11) is 0. The van der Waals surface area contributed by atoms with E-state index in [1.54, 1.807) is 6.20 Å². The average molecular weight is 356 g/mol. The molecule has 1 aromatic carbocycles. The van der Waals surface area contributed by atoms with E-state index >= 15 is 0 Å². The average Bonchev–Trinajstić information content (AvgIpc) is 2.65. The molecule has 1 N–H and O–H groups in total. The number of fused-ring (bicyclic) bond motifs is 1. The minimum absolute atomic E-state index is 0.210. The van der Waals surface area contributed by atoms with Crippen LogP contribution in [0.4, 0.5) is 5.69 Å². The summed E-state index contributed by atoms with van der Waals surface area (Å²) in [6.07, 6.45) is 5.47. The van der Waals surface area contributed by atoms with Gasteiger partial charge in [0.25, 0.3) is 5.56 Å². The highest BCUT2D eigenvalue weighted by Gasteiger charge is 2.20. The summed E-state index contributed by atoms with van der Waals surface area (Å²) in [5.74, 6) is 0. The zero-order valence-electron chi connectivity index (χ0n) is 13.7. The van der Waals surface area contributed by atoms with Crippen molar-refractivity contribution in [2.45, 2.75) is 6.54 Å². The molecule has 0 saturated carbocycles. The molecule has 4 rings (SSSR count). The fourth-order valence-electron chi connectivity index (χ4n) is 3.29. The Labute approximate surface area is 150 Å². The Kier molecular flexibility index (Phi) is 4.38. The highest BCUT2D eigenvalue weighted by molar-refractivity contribution is 6.33. The third kappa shape index (κ3) is 3.23. The third-order valence-corrected chi connectivity index (χ3v) is 5.00. The Balaban J connectivity index is 1.47. The second-order valence-electron chi connectivity index (χ2n) is 6.18. The normalized spacial score (nSPS) is 15.6. The van der Waals surface area contributed by atoms with Crippen molar-refractivity contribution in [1.29, 1.82) is 0 Å². The number of H-pyrrole nitrogens is 1. The second kappa shape index (κ2) is 6.82. The molecule has 2 aromatic heterocycles. The SMILES string of the molecule is O=c1[nH]ncc(N2CCN(Cc3cncc4ccccc34)CC2)c1Cl. The molecular formula is C18H18ClN5O. The van der Waals surface area contributed by atoms with Crippen LogP contribution in [0.25, 0.3) is 10.8 Å². The van der Waals surface area contributed by atoms with Crippen LogP contribution in [0.3, 0.4) is 0 Å². The van der Waals surface area contributed by atoms with E-state index in [1.807, 2.05) is 18.5 Å². The van der Waals surface area contributed by atoms with Gasteiger partial charge < -0.3 is 4.90 Å². The van der Waals surface area contributed by atoms with Crippen molar-refractivity contribution in [3.63, 3.8) is 0 Å². The summed E-state index contributed by atoms with van der Waals surface area (Å²) in [5, 5.41) is 8.84. The van der Waals surface area contributed by atoms with Gasteiger partial charge in [-0.25, -0.2) is 5.10 Å². The van der Waals surface area contributed by atoms with Crippen molar-refractivity contribution >= 4 is 28.1 Å². The van der Waals surface area contributed by atoms with E-state index in [2.05, 4.69) is 43.2 Å². The number of piperazine rings is 1. The number of nitrogens with one attached hydrogen (secondary N) is 1. The monoisotopic (exact) mass is 355 g/mol. The zero-order chi connectivity index (χ0) is 17.2. The van der Waals surface area contributed by atoms with Crippen molar-refractivity contribution in [2.75, 3.05) is 31.1 Å². The molecule has 3 aromatic rings. The number of rotatable bonds is 3. The highest BCUT2D eigenvalue weighted by atomic mass is 35.5. The summed E-state index contributed by atoms with van der Waals surface area (Å²) in [6, 6.07) is 8.33. The molecule has 1 aliphatic heterocycles. The Morgan fingerprint density at radius 1 is 1.08 bits per heavy atom. The molecule has 0 unspecified atom stereocenters. The molecule has 0 radical (unpaired) electrons. The predicted molar refractivity (Wildman–Crippen MR) is 99.1 cm³/mol. The topological polar surface area (TPSA) is 65.1 Å². The van der Waals surface area contributed by atoms with Crippen LogP contribution < -0.4 is 10.5 Å². The molecule has 7 heteroatoms. The molecule has 0 spiro atoms. The minimum atomic E-state index is -0.344. The number of nitrogens with zero attached hydrogens (tertiary/aromatic N) is 4. The molecule has 1 fully saturated rings. The van der Waals surface area contributed by atoms with Crippen LogP contribution in [0.15, 0.2) is 47.7 Å². The molecule has 3 heterocycles. The lowest BCUT2D eigenvalue weighted by atomic mass is 10.1. The smallest absolute Gasteiger partial charge is 0.285 e. The first-order chi connectivity index (χ1) is 12.2. The Morgan fingerprint density at radius 3 is 2.72 bits per heavy atom. The maximum atomic E-state index is 11.6. The van der Waals surface area contributed by atoms with Crippen molar-refractivity contribution in [2.24, 2.45) is 0 Å². The van der Waals surface area contributed by atoms with Gasteiger partial charge in [-0.2, -0.15) is 5.10 Å². The van der Waals surface area contributed by atoms with Crippen LogP contribution in [0.2, 0.25) is 5.02 Å². The molecule has 25 heavy (non-hydrogen) atoms. The Morgan fingerprint density at radius 2 is 1.88 bits per heavy atom. The second-order valence-corrected chi connectivity index (χ2v) is 6.56. The minimum Gasteiger partial charge on any atom is -0.366 e. The van der Waals surface area contributed by atoms with Crippen LogP contribution >= 0.6 is 11.6 Å². The summed E-state index contributed by atoms with van der Waals surface area (Å²) in [6.45, 7) is 4.27. The molecule has 128 valence electrons. The lowest BCUT2D eigenvalue weighted by molar-refractivity contribution is 0.250. The van der Waals surface area contributed by atoms with Crippen molar-refractivity contribution in [3.8, 4) is 0 Å². The Hall–Kier alpha value is -2.44. The first-order valence-corrected chi connectivity index (χ1v) is 8.62. The van der Waals surface area contributed by atoms with Crippen molar-refractivity contribution in [3.05, 3.63) is 63.8 Å². The first kappa shape index (κ1) is 16.1. The lowest BCUT2D eigenvalue weighted by Gasteiger charge is -2.36. The van der Waals surface area contributed by atoms with Gasteiger partial charge in [-0.3, -0.25) is 14.7 Å². The maximum Gasteiger partial charge on any atom is 0.285 e. The number of benzene rings is 1. The molecule has 0 atom stereocenters. The number of hydrogen-bond donors (Lipinski definition) is 1. The van der Waals surface area contributed by atoms with Gasteiger partial charge >= 0.3 is 0 Å². The molecule has 0 amide bonds. The van der Waals surface area contributed by atoms with E-state index in [0.717, 1.165) is 32.7 Å². The van der Waals surface area contributed by atoms with Gasteiger partial charge in [0.15, 0.2) is 0 Å². The van der Waals surface area contributed by atoms with Gasteiger partial charge in [0.05, 0.1) is 11.9 Å². The third-order valence-electron chi connectivity index (χ3n) is 4.63. The summed E-state index contributed by atoms with van der Waals surface area (Å²) in [5.41, 5.74) is 1.60. The number of halogens is 1. The Bertz CT molecular complexity index is 944. The predicted octanol–water partition coefficient (Wildman–Crippen LogP) is 2.29. The van der Waals surface area contributed by atoms with Gasteiger partial charge in [-0.1, -0.05) is 35.9 Å². The van der Waals surface area contributed by atoms with Crippen LogP contribution in [-0.2, 0) is 6.54 Å². The lowest BCUT2D eigenvalue weighted by Crippen LogP contribution is -2.46. The van der Waals surface area contributed by atoms with Crippen molar-refractivity contribution < 1.29 is 0 Å². The number of aromatic amines is 1. The van der Waals surface area contributed by atoms with Crippen LogP contribution in [0.5, 0.6) is 0 Å². The van der Waals surface area contributed by atoms with Gasteiger partial charge in [0.1, 0.15) is 5.02 Å². The number of anilines is 1. The van der Waals surface area contributed by atoms with Gasteiger partial charge in [-0.05, 0) is 10.9 Å². The molecule has 0 bridgehead atoms.